The Morgan fingerprint density at radius 3 is 2.31 bits per heavy atom. The van der Waals surface area contributed by atoms with Crippen molar-refractivity contribution in [1.82, 2.24) is 5.32 Å². The summed E-state index contributed by atoms with van der Waals surface area (Å²) in [7, 11) is 0. The third kappa shape index (κ3) is 7.21. The Morgan fingerprint density at radius 1 is 1.12 bits per heavy atom. The van der Waals surface area contributed by atoms with E-state index in [4.69, 9.17) is 28.9 Å². The Hall–Kier alpha value is -2.11. The van der Waals surface area contributed by atoms with Gasteiger partial charge >= 0.3 is 0 Å². The summed E-state index contributed by atoms with van der Waals surface area (Å²) in [6.45, 7) is 9.52. The van der Waals surface area contributed by atoms with Gasteiger partial charge in [-0.2, -0.15) is 0 Å². The third-order valence-corrected chi connectivity index (χ3v) is 6.04. The molecule has 1 amide bonds. The largest absolute Gasteiger partial charge is 0.394 e. The van der Waals surface area contributed by atoms with Gasteiger partial charge in [0.2, 0.25) is 5.91 Å². The van der Waals surface area contributed by atoms with Crippen molar-refractivity contribution in [3.63, 3.8) is 0 Å². The molecule has 6 heteroatoms. The van der Waals surface area contributed by atoms with Crippen molar-refractivity contribution in [1.29, 1.82) is 0 Å². The van der Waals surface area contributed by atoms with E-state index < -0.39 is 12.1 Å². The van der Waals surface area contributed by atoms with Gasteiger partial charge in [-0.05, 0) is 47.2 Å². The molecule has 32 heavy (non-hydrogen) atoms. The number of hydrogen-bond acceptors (Lipinski definition) is 3. The highest BCUT2D eigenvalue weighted by Gasteiger charge is 2.29. The summed E-state index contributed by atoms with van der Waals surface area (Å²) in [4.78, 5) is 13.2. The van der Waals surface area contributed by atoms with Crippen molar-refractivity contribution >= 4 is 29.1 Å². The molecule has 0 unspecified atom stereocenters. The number of nitrogens with one attached hydrogen (secondary N) is 1. The number of carbonyl (C=O) groups excluding carboxylic acids is 1. The summed E-state index contributed by atoms with van der Waals surface area (Å²) in [6.07, 6.45) is 3.64. The molecule has 0 bridgehead atoms. The fourth-order valence-corrected chi connectivity index (χ4v) is 3.83. The van der Waals surface area contributed by atoms with Crippen molar-refractivity contribution in [3.05, 3.63) is 94.0 Å². The van der Waals surface area contributed by atoms with Crippen LogP contribution in [-0.2, 0) is 4.79 Å². The lowest BCUT2D eigenvalue weighted by Gasteiger charge is -2.31. The molecule has 2 rings (SSSR count). The van der Waals surface area contributed by atoms with Crippen LogP contribution in [0.15, 0.2) is 72.8 Å². The Kier molecular flexibility index (Phi) is 9.53. The molecule has 0 saturated heterocycles. The average molecular weight is 475 g/mol. The van der Waals surface area contributed by atoms with Crippen LogP contribution in [0, 0.1) is 5.41 Å². The smallest absolute Gasteiger partial charge is 0.247 e. The fourth-order valence-electron chi connectivity index (χ4n) is 3.51. The van der Waals surface area contributed by atoms with E-state index in [1.54, 1.807) is 30.4 Å². The van der Waals surface area contributed by atoms with Crippen molar-refractivity contribution in [3.8, 4) is 0 Å². The first kappa shape index (κ1) is 26.1. The number of nitrogens with two attached hydrogens (primary N) is 1. The van der Waals surface area contributed by atoms with Crippen LogP contribution < -0.4 is 11.1 Å². The van der Waals surface area contributed by atoms with Gasteiger partial charge < -0.3 is 16.2 Å². The molecule has 0 saturated carbocycles. The van der Waals surface area contributed by atoms with E-state index in [0.717, 1.165) is 11.1 Å². The van der Waals surface area contributed by atoms with E-state index in [1.807, 2.05) is 51.1 Å². The zero-order valence-corrected chi connectivity index (χ0v) is 20.3. The number of aliphatic hydroxyl groups excluding tert-OH is 1. The molecule has 0 spiro atoms. The molecule has 0 fully saturated rings. The van der Waals surface area contributed by atoms with E-state index >= 15 is 0 Å². The number of aliphatic hydroxyl groups is 1. The highest BCUT2D eigenvalue weighted by Crippen LogP contribution is 2.36. The van der Waals surface area contributed by atoms with Gasteiger partial charge in [0.25, 0.3) is 0 Å². The molecule has 4 N–H and O–H groups in total. The molecule has 0 heterocycles. The van der Waals surface area contributed by atoms with Gasteiger partial charge in [0.15, 0.2) is 0 Å². The molecule has 0 aliphatic heterocycles. The quantitative estimate of drug-likeness (QED) is 0.317. The number of benzene rings is 2. The summed E-state index contributed by atoms with van der Waals surface area (Å²) in [6, 6.07) is 14.1. The monoisotopic (exact) mass is 474 g/mol. The van der Waals surface area contributed by atoms with Crippen molar-refractivity contribution in [2.45, 2.75) is 45.2 Å². The Labute approximate surface area is 201 Å². The lowest BCUT2D eigenvalue weighted by molar-refractivity contribution is -0.119. The van der Waals surface area contributed by atoms with Crippen LogP contribution in [0.4, 0.5) is 0 Å². The van der Waals surface area contributed by atoms with Crippen LogP contribution in [-0.4, -0.2) is 23.7 Å². The SMILES string of the molecule is C=C/C=C(\C[C@H](c1cccc(Cl)c1)[C@@H](N)c1ccc(Cl)cc1)C(=O)N[C@H](CO)C(C)(C)C. The second-order valence-electron chi connectivity index (χ2n) is 8.95. The number of rotatable bonds is 9. The number of amides is 1. The zero-order valence-electron chi connectivity index (χ0n) is 18.8. The van der Waals surface area contributed by atoms with Crippen LogP contribution >= 0.6 is 23.2 Å². The van der Waals surface area contributed by atoms with E-state index in [2.05, 4.69) is 11.9 Å². The predicted molar refractivity (Wildman–Crippen MR) is 134 cm³/mol. The molecule has 2 aromatic carbocycles. The summed E-state index contributed by atoms with van der Waals surface area (Å²) in [5, 5.41) is 14.0. The molecular weight excluding hydrogens is 443 g/mol. The summed E-state index contributed by atoms with van der Waals surface area (Å²) in [5.74, 6) is -0.483. The summed E-state index contributed by atoms with van der Waals surface area (Å²) in [5.41, 5.74) is 8.76. The van der Waals surface area contributed by atoms with Crippen molar-refractivity contribution < 1.29 is 9.90 Å². The van der Waals surface area contributed by atoms with E-state index in [1.165, 1.54) is 0 Å². The second-order valence-corrected chi connectivity index (χ2v) is 9.82. The van der Waals surface area contributed by atoms with Gasteiger partial charge in [-0.15, -0.1) is 0 Å². The Bertz CT molecular complexity index is 949. The van der Waals surface area contributed by atoms with Gasteiger partial charge in [-0.3, -0.25) is 4.79 Å². The Morgan fingerprint density at radius 2 is 1.78 bits per heavy atom. The zero-order chi connectivity index (χ0) is 23.9. The first-order valence-corrected chi connectivity index (χ1v) is 11.3. The summed E-state index contributed by atoms with van der Waals surface area (Å²) >= 11 is 12.3. The van der Waals surface area contributed by atoms with Crippen molar-refractivity contribution in [2.75, 3.05) is 6.61 Å². The van der Waals surface area contributed by atoms with E-state index in [0.29, 0.717) is 22.0 Å². The number of halogens is 2. The molecule has 172 valence electrons. The maximum Gasteiger partial charge on any atom is 0.247 e. The molecule has 0 aliphatic carbocycles. The van der Waals surface area contributed by atoms with Crippen LogP contribution in [0.1, 0.15) is 50.3 Å². The van der Waals surface area contributed by atoms with Gasteiger partial charge in [-0.1, -0.05) is 87.0 Å². The molecule has 0 aromatic heterocycles. The van der Waals surface area contributed by atoms with Crippen molar-refractivity contribution in [2.24, 2.45) is 11.1 Å². The van der Waals surface area contributed by atoms with Gasteiger partial charge in [-0.25, -0.2) is 0 Å². The Balaban J connectivity index is 2.40. The lowest BCUT2D eigenvalue weighted by Crippen LogP contribution is -2.46. The summed E-state index contributed by atoms with van der Waals surface area (Å²) < 4.78 is 0. The van der Waals surface area contributed by atoms with Gasteiger partial charge in [0.05, 0.1) is 12.6 Å². The molecule has 2 aromatic rings. The van der Waals surface area contributed by atoms with Crippen LogP contribution in [0.5, 0.6) is 0 Å². The minimum atomic E-state index is -0.400. The normalized spacial score (nSPS) is 15.0. The van der Waals surface area contributed by atoms with Crippen LogP contribution in [0.25, 0.3) is 0 Å². The standard InChI is InChI=1S/C26H32Cl2N2O2/c1-5-7-19(25(32)30-23(16-31)26(2,3)4)15-22(18-8-6-9-21(28)14-18)24(29)17-10-12-20(27)13-11-17/h5-14,22-24,31H,1,15-16,29H2,2-4H3,(H,30,32)/b19-7+/t22-,23-,24+/m1/s1. The first-order chi connectivity index (χ1) is 15.1. The maximum atomic E-state index is 13.2. The molecule has 3 atom stereocenters. The molecular formula is C26H32Cl2N2O2. The number of carbonyl (C=O) groups is 1. The number of allylic oxidation sites excluding steroid dienone is 2. The highest BCUT2D eigenvalue weighted by molar-refractivity contribution is 6.30. The van der Waals surface area contributed by atoms with E-state index in [9.17, 15) is 9.90 Å². The minimum absolute atomic E-state index is 0.154. The highest BCUT2D eigenvalue weighted by atomic mass is 35.5. The van der Waals surface area contributed by atoms with Crippen LogP contribution in [0.2, 0.25) is 10.0 Å². The fraction of sp³-hybridized carbons (Fsp3) is 0.346. The predicted octanol–water partition coefficient (Wildman–Crippen LogP) is 5.80. The van der Waals surface area contributed by atoms with Crippen LogP contribution in [0.3, 0.4) is 0 Å². The minimum Gasteiger partial charge on any atom is -0.394 e. The number of hydrogen-bond donors (Lipinski definition) is 3. The average Bonchev–Trinajstić information content (AvgIpc) is 2.74. The van der Waals surface area contributed by atoms with E-state index in [-0.39, 0.29) is 23.8 Å². The first-order valence-electron chi connectivity index (χ1n) is 10.6. The lowest BCUT2D eigenvalue weighted by atomic mass is 9.82. The maximum absolute atomic E-state index is 13.2. The van der Waals surface area contributed by atoms with Gasteiger partial charge in [0, 0.05) is 27.6 Å². The van der Waals surface area contributed by atoms with Gasteiger partial charge in [0.1, 0.15) is 0 Å². The molecule has 0 radical (unpaired) electrons. The second kappa shape index (κ2) is 11.7. The topological polar surface area (TPSA) is 75.4 Å². The molecule has 4 nitrogen and oxygen atoms in total. The third-order valence-electron chi connectivity index (χ3n) is 5.55. The molecule has 0 aliphatic rings.